The summed E-state index contributed by atoms with van der Waals surface area (Å²) < 4.78 is 26.5. The minimum atomic E-state index is -3.65. The number of anilines is 1. The highest BCUT2D eigenvalue weighted by Gasteiger charge is 2.33. The number of carbonyl (C=O) groups is 2. The van der Waals surface area contributed by atoms with E-state index in [9.17, 15) is 18.0 Å². The first kappa shape index (κ1) is 33.1. The van der Waals surface area contributed by atoms with Crippen LogP contribution in [0.2, 0.25) is 15.1 Å². The Kier molecular flexibility index (Phi) is 11.8. The van der Waals surface area contributed by atoms with E-state index in [2.05, 4.69) is 5.32 Å². The zero-order valence-electron chi connectivity index (χ0n) is 24.0. The van der Waals surface area contributed by atoms with E-state index >= 15 is 0 Å². The Bertz CT molecular complexity index is 1490. The van der Waals surface area contributed by atoms with Crippen LogP contribution in [0.25, 0.3) is 0 Å². The molecule has 0 spiro atoms. The van der Waals surface area contributed by atoms with Crippen molar-refractivity contribution in [2.45, 2.75) is 63.6 Å². The summed E-state index contributed by atoms with van der Waals surface area (Å²) in [6.45, 7) is 0.0836. The molecule has 11 heteroatoms. The number of hydrogen-bond acceptors (Lipinski definition) is 4. The Morgan fingerprint density at radius 1 is 0.930 bits per heavy atom. The topological polar surface area (TPSA) is 86.8 Å². The molecule has 0 radical (unpaired) electrons. The van der Waals surface area contributed by atoms with Crippen molar-refractivity contribution in [3.05, 3.63) is 99.0 Å². The highest BCUT2D eigenvalue weighted by atomic mass is 35.5. The van der Waals surface area contributed by atoms with E-state index in [1.807, 2.05) is 30.3 Å². The molecule has 3 aromatic carbocycles. The van der Waals surface area contributed by atoms with E-state index in [0.29, 0.717) is 32.7 Å². The van der Waals surface area contributed by atoms with Crippen LogP contribution < -0.4 is 9.62 Å². The Morgan fingerprint density at radius 2 is 1.58 bits per heavy atom. The molecule has 1 atom stereocenters. The number of nitrogens with one attached hydrogen (secondary N) is 1. The first-order valence-electron chi connectivity index (χ1n) is 14.3. The van der Waals surface area contributed by atoms with Gasteiger partial charge in [-0.1, -0.05) is 90.1 Å². The Hall–Kier alpha value is -2.78. The second-order valence-electron chi connectivity index (χ2n) is 10.8. The lowest BCUT2D eigenvalue weighted by Gasteiger charge is -2.33. The van der Waals surface area contributed by atoms with Gasteiger partial charge in [0.2, 0.25) is 21.8 Å². The predicted molar refractivity (Wildman–Crippen MR) is 174 cm³/mol. The van der Waals surface area contributed by atoms with Crippen LogP contribution in [0.3, 0.4) is 0 Å². The maximum absolute atomic E-state index is 14.0. The number of amides is 2. The molecule has 3 aromatic rings. The normalized spacial score (nSPS) is 14.3. The Morgan fingerprint density at radius 3 is 2.21 bits per heavy atom. The predicted octanol–water partition coefficient (Wildman–Crippen LogP) is 6.89. The van der Waals surface area contributed by atoms with Gasteiger partial charge in [0.25, 0.3) is 0 Å². The summed E-state index contributed by atoms with van der Waals surface area (Å²) in [5.74, 6) is -0.540. The highest BCUT2D eigenvalue weighted by molar-refractivity contribution is 7.92. The summed E-state index contributed by atoms with van der Waals surface area (Å²) in [7, 11) is -3.65. The van der Waals surface area contributed by atoms with Gasteiger partial charge in [-0.05, 0) is 55.2 Å². The lowest BCUT2D eigenvalue weighted by atomic mass is 10.0. The molecular formula is C32H36Cl3N3O4S. The highest BCUT2D eigenvalue weighted by Crippen LogP contribution is 2.28. The van der Waals surface area contributed by atoms with Gasteiger partial charge in [-0.2, -0.15) is 0 Å². The molecule has 2 amide bonds. The number of benzene rings is 3. The number of carbonyl (C=O) groups excluding carboxylic acids is 2. The maximum atomic E-state index is 14.0. The monoisotopic (exact) mass is 663 g/mol. The van der Waals surface area contributed by atoms with Crippen LogP contribution in [0.4, 0.5) is 5.69 Å². The molecule has 7 nitrogen and oxygen atoms in total. The number of nitrogens with zero attached hydrogens (tertiary/aromatic N) is 2. The van der Waals surface area contributed by atoms with Gasteiger partial charge < -0.3 is 10.2 Å². The average Bonchev–Trinajstić information content (AvgIpc) is 3.47. The third-order valence-electron chi connectivity index (χ3n) is 7.61. The van der Waals surface area contributed by atoms with Crippen LogP contribution in [-0.2, 0) is 32.6 Å². The molecule has 43 heavy (non-hydrogen) atoms. The fraction of sp³-hybridized carbons (Fsp3) is 0.375. The van der Waals surface area contributed by atoms with E-state index < -0.39 is 16.1 Å². The van der Waals surface area contributed by atoms with Gasteiger partial charge >= 0.3 is 0 Å². The maximum Gasteiger partial charge on any atom is 0.243 e. The van der Waals surface area contributed by atoms with Crippen LogP contribution in [-0.4, -0.2) is 50.0 Å². The van der Waals surface area contributed by atoms with E-state index in [4.69, 9.17) is 34.8 Å². The SMILES string of the molecule is CS(=O)(=O)N(CCCC(=O)N(Cc1c(Cl)cccc1Cl)[C@H](Cc1ccccc1)C(=O)NC1CCCC1)c1cccc(Cl)c1. The summed E-state index contributed by atoms with van der Waals surface area (Å²) in [5.41, 5.74) is 1.86. The standard InChI is InChI=1S/C32H36Cl3N3O4S/c1-43(41,42)38(26-15-7-12-24(33)21-26)19-9-18-31(39)37(22-27-28(34)16-8-17-29(27)35)30(20-23-10-3-2-4-11-23)32(40)36-25-13-5-6-14-25/h2-4,7-8,10-12,15-17,21,25,30H,5-6,9,13-14,18-20,22H2,1H3,(H,36,40)/t30-/m1/s1. The van der Waals surface area contributed by atoms with Crippen molar-refractivity contribution in [3.8, 4) is 0 Å². The van der Waals surface area contributed by atoms with Gasteiger partial charge in [-0.3, -0.25) is 13.9 Å². The molecule has 0 heterocycles. The van der Waals surface area contributed by atoms with Crippen LogP contribution in [0.1, 0.15) is 49.7 Å². The van der Waals surface area contributed by atoms with Gasteiger partial charge in [0.05, 0.1) is 11.9 Å². The molecule has 1 aliphatic rings. The summed E-state index contributed by atoms with van der Waals surface area (Å²) in [6.07, 6.45) is 5.53. The molecule has 0 aliphatic heterocycles. The molecule has 1 N–H and O–H groups in total. The van der Waals surface area contributed by atoms with Gasteiger partial charge in [0.15, 0.2) is 0 Å². The van der Waals surface area contributed by atoms with Crippen molar-refractivity contribution in [1.29, 1.82) is 0 Å². The first-order chi connectivity index (χ1) is 20.5. The van der Waals surface area contributed by atoms with Crippen LogP contribution in [0.5, 0.6) is 0 Å². The second-order valence-corrected chi connectivity index (χ2v) is 14.0. The van der Waals surface area contributed by atoms with Gasteiger partial charge in [0, 0.05) is 52.6 Å². The molecule has 0 bridgehead atoms. The van der Waals surface area contributed by atoms with Gasteiger partial charge in [-0.25, -0.2) is 8.42 Å². The molecular weight excluding hydrogens is 629 g/mol. The van der Waals surface area contributed by atoms with Crippen molar-refractivity contribution >= 4 is 62.3 Å². The Labute approximate surface area is 269 Å². The molecule has 1 fully saturated rings. The first-order valence-corrected chi connectivity index (χ1v) is 17.3. The second kappa shape index (κ2) is 15.3. The quantitative estimate of drug-likeness (QED) is 0.216. The van der Waals surface area contributed by atoms with Crippen molar-refractivity contribution in [2.24, 2.45) is 0 Å². The largest absolute Gasteiger partial charge is 0.352 e. The molecule has 0 unspecified atom stereocenters. The van der Waals surface area contributed by atoms with Crippen molar-refractivity contribution in [2.75, 3.05) is 17.1 Å². The number of hydrogen-bond donors (Lipinski definition) is 1. The van der Waals surface area contributed by atoms with Gasteiger partial charge in [-0.15, -0.1) is 0 Å². The Balaban J connectivity index is 1.62. The van der Waals surface area contributed by atoms with Crippen molar-refractivity contribution in [1.82, 2.24) is 10.2 Å². The van der Waals surface area contributed by atoms with E-state index in [1.165, 1.54) is 9.21 Å². The van der Waals surface area contributed by atoms with E-state index in [-0.39, 0.29) is 43.8 Å². The molecule has 4 rings (SSSR count). The summed E-state index contributed by atoms with van der Waals surface area (Å²) in [5, 5.41) is 4.36. The minimum Gasteiger partial charge on any atom is -0.352 e. The number of rotatable bonds is 13. The molecule has 0 saturated heterocycles. The van der Waals surface area contributed by atoms with Crippen LogP contribution in [0.15, 0.2) is 72.8 Å². The van der Waals surface area contributed by atoms with Gasteiger partial charge in [0.1, 0.15) is 6.04 Å². The molecule has 0 aromatic heterocycles. The summed E-state index contributed by atoms with van der Waals surface area (Å²) in [4.78, 5) is 29.4. The zero-order valence-corrected chi connectivity index (χ0v) is 27.1. The molecule has 1 aliphatic carbocycles. The van der Waals surface area contributed by atoms with Crippen molar-refractivity contribution < 1.29 is 18.0 Å². The van der Waals surface area contributed by atoms with E-state index in [0.717, 1.165) is 37.5 Å². The summed E-state index contributed by atoms with van der Waals surface area (Å²) >= 11 is 19.2. The van der Waals surface area contributed by atoms with Crippen LogP contribution >= 0.6 is 34.8 Å². The third-order valence-corrected chi connectivity index (χ3v) is 9.75. The summed E-state index contributed by atoms with van der Waals surface area (Å²) in [6, 6.07) is 20.5. The lowest BCUT2D eigenvalue weighted by molar-refractivity contribution is -0.141. The van der Waals surface area contributed by atoms with Crippen molar-refractivity contribution in [3.63, 3.8) is 0 Å². The fourth-order valence-electron chi connectivity index (χ4n) is 5.41. The third kappa shape index (κ3) is 9.35. The molecule has 230 valence electrons. The number of sulfonamides is 1. The lowest BCUT2D eigenvalue weighted by Crippen LogP contribution is -2.52. The average molecular weight is 665 g/mol. The minimum absolute atomic E-state index is 0.00332. The number of halogens is 3. The fourth-order valence-corrected chi connectivity index (χ4v) is 7.07. The van der Waals surface area contributed by atoms with Crippen LogP contribution in [0, 0.1) is 0 Å². The van der Waals surface area contributed by atoms with E-state index in [1.54, 1.807) is 42.5 Å². The molecule has 1 saturated carbocycles. The zero-order chi connectivity index (χ0) is 31.0. The smallest absolute Gasteiger partial charge is 0.243 e.